The van der Waals surface area contributed by atoms with Gasteiger partial charge in [0.1, 0.15) is 0 Å². The van der Waals surface area contributed by atoms with Gasteiger partial charge in [-0.3, -0.25) is 10.1 Å². The predicted molar refractivity (Wildman–Crippen MR) is 65.0 cm³/mol. The Balaban J connectivity index is 3.27. The minimum absolute atomic E-state index is 0.149. The van der Waals surface area contributed by atoms with Crippen LogP contribution in [-0.2, 0) is 5.41 Å². The molecule has 0 unspecified atom stereocenters. The highest BCUT2D eigenvalue weighted by molar-refractivity contribution is 14.1. The molecular formula is C10H12INO2. The monoisotopic (exact) mass is 305 g/mol. The number of alkyl halides is 1. The van der Waals surface area contributed by atoms with Crippen molar-refractivity contribution in [3.8, 4) is 0 Å². The molecule has 0 spiro atoms. The summed E-state index contributed by atoms with van der Waals surface area (Å²) in [7, 11) is 0. The van der Waals surface area contributed by atoms with Crippen LogP contribution in [0.3, 0.4) is 0 Å². The van der Waals surface area contributed by atoms with Gasteiger partial charge in [0, 0.05) is 21.5 Å². The molecule has 3 nitrogen and oxygen atoms in total. The molecule has 0 atom stereocenters. The third kappa shape index (κ3) is 2.23. The van der Waals surface area contributed by atoms with Gasteiger partial charge in [-0.15, -0.1) is 0 Å². The number of nitrogens with zero attached hydrogens (tertiary/aromatic N) is 1. The third-order valence-corrected chi connectivity index (χ3v) is 4.07. The maximum Gasteiger partial charge on any atom is 0.273 e. The van der Waals surface area contributed by atoms with E-state index in [1.54, 1.807) is 12.1 Å². The van der Waals surface area contributed by atoms with Gasteiger partial charge in [0.25, 0.3) is 5.69 Å². The quantitative estimate of drug-likeness (QED) is 0.372. The SMILES string of the molecule is CC(C)(CI)c1ccccc1[N+](=O)[O-]. The molecule has 0 aromatic heterocycles. The van der Waals surface area contributed by atoms with Crippen LogP contribution in [0.5, 0.6) is 0 Å². The normalized spacial score (nSPS) is 11.4. The average molecular weight is 305 g/mol. The Morgan fingerprint density at radius 1 is 1.43 bits per heavy atom. The topological polar surface area (TPSA) is 43.1 Å². The molecule has 0 amide bonds. The molecule has 1 aromatic carbocycles. The molecule has 0 aliphatic rings. The minimum Gasteiger partial charge on any atom is -0.258 e. The molecular weight excluding hydrogens is 293 g/mol. The van der Waals surface area contributed by atoms with E-state index < -0.39 is 0 Å². The van der Waals surface area contributed by atoms with E-state index in [0.717, 1.165) is 9.99 Å². The Morgan fingerprint density at radius 3 is 2.50 bits per heavy atom. The van der Waals surface area contributed by atoms with Gasteiger partial charge in [-0.1, -0.05) is 54.6 Å². The molecule has 0 saturated heterocycles. The molecule has 14 heavy (non-hydrogen) atoms. The molecule has 0 aliphatic heterocycles. The van der Waals surface area contributed by atoms with Gasteiger partial charge in [0.05, 0.1) is 4.92 Å². The van der Waals surface area contributed by atoms with E-state index >= 15 is 0 Å². The lowest BCUT2D eigenvalue weighted by atomic mass is 9.86. The van der Waals surface area contributed by atoms with Crippen LogP contribution >= 0.6 is 22.6 Å². The molecule has 1 aromatic rings. The lowest BCUT2D eigenvalue weighted by Gasteiger charge is -2.21. The zero-order chi connectivity index (χ0) is 10.8. The highest BCUT2D eigenvalue weighted by atomic mass is 127. The summed E-state index contributed by atoms with van der Waals surface area (Å²) in [6.07, 6.45) is 0. The van der Waals surface area contributed by atoms with Crippen molar-refractivity contribution in [2.45, 2.75) is 19.3 Å². The molecule has 0 saturated carbocycles. The van der Waals surface area contributed by atoms with Crippen LogP contribution in [0.1, 0.15) is 19.4 Å². The van der Waals surface area contributed by atoms with Crippen molar-refractivity contribution in [1.29, 1.82) is 0 Å². The average Bonchev–Trinajstić information content (AvgIpc) is 2.18. The Morgan fingerprint density at radius 2 is 2.00 bits per heavy atom. The number of benzene rings is 1. The Kier molecular flexibility index (Phi) is 3.47. The summed E-state index contributed by atoms with van der Waals surface area (Å²) in [5.74, 6) is 0. The van der Waals surface area contributed by atoms with Crippen LogP contribution in [0, 0.1) is 10.1 Å². The highest BCUT2D eigenvalue weighted by Gasteiger charge is 2.27. The second kappa shape index (κ2) is 4.25. The van der Waals surface area contributed by atoms with Gasteiger partial charge in [-0.2, -0.15) is 0 Å². The van der Waals surface area contributed by atoms with Gasteiger partial charge in [0.2, 0.25) is 0 Å². The fourth-order valence-electron chi connectivity index (χ4n) is 1.28. The molecule has 0 bridgehead atoms. The second-order valence-electron chi connectivity index (χ2n) is 3.79. The number of halogens is 1. The van der Waals surface area contributed by atoms with Crippen molar-refractivity contribution in [3.63, 3.8) is 0 Å². The standard InChI is InChI=1S/C10H12INO2/c1-10(2,7-11)8-5-3-4-6-9(8)12(13)14/h3-6H,7H2,1-2H3. The maximum absolute atomic E-state index is 10.8. The summed E-state index contributed by atoms with van der Waals surface area (Å²) < 4.78 is 0.857. The summed E-state index contributed by atoms with van der Waals surface area (Å²) in [6, 6.07) is 6.93. The zero-order valence-corrected chi connectivity index (χ0v) is 10.3. The molecule has 0 aliphatic carbocycles. The van der Waals surface area contributed by atoms with Crippen molar-refractivity contribution >= 4 is 28.3 Å². The van der Waals surface area contributed by atoms with Crippen molar-refractivity contribution in [1.82, 2.24) is 0 Å². The molecule has 0 heterocycles. The largest absolute Gasteiger partial charge is 0.273 e. The lowest BCUT2D eigenvalue weighted by Crippen LogP contribution is -2.20. The number of rotatable bonds is 3. The molecule has 0 fully saturated rings. The molecule has 0 N–H and O–H groups in total. The summed E-state index contributed by atoms with van der Waals surface area (Å²) >= 11 is 2.25. The molecule has 1 rings (SSSR count). The smallest absolute Gasteiger partial charge is 0.258 e. The molecule has 76 valence electrons. The maximum atomic E-state index is 10.8. The van der Waals surface area contributed by atoms with E-state index in [1.165, 1.54) is 0 Å². The lowest BCUT2D eigenvalue weighted by molar-refractivity contribution is -0.386. The summed E-state index contributed by atoms with van der Waals surface area (Å²) in [5.41, 5.74) is 0.873. The van der Waals surface area contributed by atoms with Crippen LogP contribution in [0.25, 0.3) is 0 Å². The first kappa shape index (κ1) is 11.4. The number of hydrogen-bond acceptors (Lipinski definition) is 2. The molecule has 0 radical (unpaired) electrons. The van der Waals surface area contributed by atoms with Crippen LogP contribution in [0.15, 0.2) is 24.3 Å². The van der Waals surface area contributed by atoms with Gasteiger partial charge in [0.15, 0.2) is 0 Å². The minimum atomic E-state index is -0.316. The van der Waals surface area contributed by atoms with Crippen molar-refractivity contribution in [2.24, 2.45) is 0 Å². The van der Waals surface area contributed by atoms with Crippen LogP contribution in [0.4, 0.5) is 5.69 Å². The van der Waals surface area contributed by atoms with Crippen LogP contribution in [-0.4, -0.2) is 9.35 Å². The van der Waals surface area contributed by atoms with Gasteiger partial charge < -0.3 is 0 Å². The first-order valence-electron chi connectivity index (χ1n) is 4.29. The van der Waals surface area contributed by atoms with E-state index in [9.17, 15) is 10.1 Å². The van der Waals surface area contributed by atoms with Crippen LogP contribution in [0.2, 0.25) is 0 Å². The molecule has 4 heteroatoms. The third-order valence-electron chi connectivity index (χ3n) is 2.16. The predicted octanol–water partition coefficient (Wildman–Crippen LogP) is 3.31. The summed E-state index contributed by atoms with van der Waals surface area (Å²) in [6.45, 7) is 4.03. The van der Waals surface area contributed by atoms with E-state index in [0.29, 0.717) is 0 Å². The number of nitro groups is 1. The Hall–Kier alpha value is -0.650. The van der Waals surface area contributed by atoms with Crippen molar-refractivity contribution < 1.29 is 4.92 Å². The van der Waals surface area contributed by atoms with E-state index in [4.69, 9.17) is 0 Å². The first-order chi connectivity index (χ1) is 6.49. The summed E-state index contributed by atoms with van der Waals surface area (Å²) in [5, 5.41) is 10.8. The summed E-state index contributed by atoms with van der Waals surface area (Å²) in [4.78, 5) is 10.5. The van der Waals surface area contributed by atoms with Gasteiger partial charge in [-0.25, -0.2) is 0 Å². The fourth-order valence-corrected chi connectivity index (χ4v) is 1.69. The number of para-hydroxylation sites is 1. The highest BCUT2D eigenvalue weighted by Crippen LogP contribution is 2.32. The Bertz CT molecular complexity index is 350. The van der Waals surface area contributed by atoms with E-state index in [-0.39, 0.29) is 16.0 Å². The number of hydrogen-bond donors (Lipinski definition) is 0. The fraction of sp³-hybridized carbons (Fsp3) is 0.400. The zero-order valence-electron chi connectivity index (χ0n) is 8.16. The van der Waals surface area contributed by atoms with E-state index in [2.05, 4.69) is 22.6 Å². The van der Waals surface area contributed by atoms with Gasteiger partial charge >= 0.3 is 0 Å². The van der Waals surface area contributed by atoms with Crippen molar-refractivity contribution in [3.05, 3.63) is 39.9 Å². The van der Waals surface area contributed by atoms with Crippen LogP contribution < -0.4 is 0 Å². The van der Waals surface area contributed by atoms with Gasteiger partial charge in [-0.05, 0) is 0 Å². The van der Waals surface area contributed by atoms with E-state index in [1.807, 2.05) is 26.0 Å². The first-order valence-corrected chi connectivity index (χ1v) is 5.81. The number of nitro benzene ring substituents is 1. The second-order valence-corrected chi connectivity index (χ2v) is 4.55. The van der Waals surface area contributed by atoms with Crippen molar-refractivity contribution in [2.75, 3.05) is 4.43 Å². The Labute approximate surface area is 96.8 Å².